The third-order valence-electron chi connectivity index (χ3n) is 6.23. The maximum atomic E-state index is 9.29. The van der Waals surface area contributed by atoms with Gasteiger partial charge in [-0.2, -0.15) is 10.4 Å². The fraction of sp³-hybridized carbons (Fsp3) is 0.250. The smallest absolute Gasteiger partial charge is 0.130 e. The standard InChI is InChI=1S/C28H26N4O2/c1-19-6-7-24(23-5-3-4-22(10-23)20(2)12-29)11-27(19)32-15-25(13-31-32)26-14-30-9-8-28(26)34-18-21-16-33-17-21/h3-11,13-15,20-21H,16-18H2,1-2H3. The van der Waals surface area contributed by atoms with Crippen molar-refractivity contribution >= 4 is 0 Å². The van der Waals surface area contributed by atoms with Gasteiger partial charge in [0.15, 0.2) is 0 Å². The second kappa shape index (κ2) is 9.50. The van der Waals surface area contributed by atoms with Crippen LogP contribution in [0.5, 0.6) is 5.75 Å². The van der Waals surface area contributed by atoms with E-state index in [0.717, 1.165) is 58.0 Å². The molecule has 1 unspecified atom stereocenters. The molecular formula is C28H26N4O2. The van der Waals surface area contributed by atoms with Gasteiger partial charge >= 0.3 is 0 Å². The molecule has 6 heteroatoms. The van der Waals surface area contributed by atoms with Gasteiger partial charge in [0.05, 0.1) is 43.7 Å². The zero-order valence-electron chi connectivity index (χ0n) is 19.3. The van der Waals surface area contributed by atoms with Gasteiger partial charge in [0.25, 0.3) is 0 Å². The normalized spacial score (nSPS) is 14.3. The number of nitriles is 1. The van der Waals surface area contributed by atoms with Crippen LogP contribution in [0.1, 0.15) is 24.0 Å². The Labute approximate surface area is 199 Å². The minimum absolute atomic E-state index is 0.147. The summed E-state index contributed by atoms with van der Waals surface area (Å²) in [6, 6.07) is 18.7. The second-order valence-electron chi connectivity index (χ2n) is 8.74. The van der Waals surface area contributed by atoms with Crippen LogP contribution in [0.3, 0.4) is 0 Å². The predicted molar refractivity (Wildman–Crippen MR) is 131 cm³/mol. The summed E-state index contributed by atoms with van der Waals surface area (Å²) in [5.74, 6) is 1.10. The lowest BCUT2D eigenvalue weighted by Gasteiger charge is -2.26. The van der Waals surface area contributed by atoms with E-state index in [1.165, 1.54) is 0 Å². The van der Waals surface area contributed by atoms with E-state index in [1.54, 1.807) is 6.20 Å². The number of nitrogens with zero attached hydrogens (tertiary/aromatic N) is 4. The van der Waals surface area contributed by atoms with Crippen molar-refractivity contribution in [2.24, 2.45) is 5.92 Å². The van der Waals surface area contributed by atoms with Crippen LogP contribution in [0.4, 0.5) is 0 Å². The molecule has 0 bridgehead atoms. The van der Waals surface area contributed by atoms with Gasteiger partial charge in [-0.3, -0.25) is 4.98 Å². The van der Waals surface area contributed by atoms with E-state index in [4.69, 9.17) is 9.47 Å². The van der Waals surface area contributed by atoms with Crippen LogP contribution in [-0.2, 0) is 4.74 Å². The van der Waals surface area contributed by atoms with E-state index in [9.17, 15) is 5.26 Å². The topological polar surface area (TPSA) is 73.0 Å². The zero-order chi connectivity index (χ0) is 23.5. The SMILES string of the molecule is Cc1ccc(-c2cccc(C(C)C#N)c2)cc1-n1cc(-c2cnccc2OCC2COC2)cn1. The summed E-state index contributed by atoms with van der Waals surface area (Å²) in [7, 11) is 0. The van der Waals surface area contributed by atoms with Crippen LogP contribution in [-0.4, -0.2) is 34.6 Å². The monoisotopic (exact) mass is 450 g/mol. The number of benzene rings is 2. The van der Waals surface area contributed by atoms with E-state index in [1.807, 2.05) is 48.4 Å². The van der Waals surface area contributed by atoms with Crippen LogP contribution in [0, 0.1) is 24.2 Å². The van der Waals surface area contributed by atoms with Gasteiger partial charge in [0.2, 0.25) is 0 Å². The summed E-state index contributed by atoms with van der Waals surface area (Å²) in [5.41, 5.74) is 7.16. The highest BCUT2D eigenvalue weighted by molar-refractivity contribution is 5.70. The molecule has 5 rings (SSSR count). The van der Waals surface area contributed by atoms with Crippen molar-refractivity contribution < 1.29 is 9.47 Å². The number of pyridine rings is 1. The molecule has 170 valence electrons. The predicted octanol–water partition coefficient (Wildman–Crippen LogP) is 5.56. The van der Waals surface area contributed by atoms with E-state index in [0.29, 0.717) is 12.5 Å². The first kappa shape index (κ1) is 21.9. The Bertz CT molecular complexity index is 1350. The van der Waals surface area contributed by atoms with Gasteiger partial charge in [-0.15, -0.1) is 0 Å². The molecule has 2 aromatic carbocycles. The van der Waals surface area contributed by atoms with Crippen molar-refractivity contribution in [3.8, 4) is 39.8 Å². The maximum Gasteiger partial charge on any atom is 0.130 e. The summed E-state index contributed by atoms with van der Waals surface area (Å²) in [6.07, 6.45) is 7.42. The van der Waals surface area contributed by atoms with Gasteiger partial charge in [0.1, 0.15) is 5.75 Å². The van der Waals surface area contributed by atoms with Crippen molar-refractivity contribution in [3.05, 3.63) is 84.4 Å². The highest BCUT2D eigenvalue weighted by Gasteiger charge is 2.20. The average Bonchev–Trinajstić information content (AvgIpc) is 3.33. The molecule has 34 heavy (non-hydrogen) atoms. The average molecular weight is 451 g/mol. The number of hydrogen-bond donors (Lipinski definition) is 0. The van der Waals surface area contributed by atoms with Gasteiger partial charge in [0, 0.05) is 35.6 Å². The first-order valence-electron chi connectivity index (χ1n) is 11.4. The van der Waals surface area contributed by atoms with Crippen molar-refractivity contribution in [1.82, 2.24) is 14.8 Å². The van der Waals surface area contributed by atoms with Crippen LogP contribution in [0.15, 0.2) is 73.3 Å². The molecule has 0 spiro atoms. The molecule has 0 radical (unpaired) electrons. The number of rotatable bonds is 7. The van der Waals surface area contributed by atoms with Crippen LogP contribution in [0.2, 0.25) is 0 Å². The Morgan fingerprint density at radius 1 is 1.12 bits per heavy atom. The lowest BCUT2D eigenvalue weighted by molar-refractivity contribution is -0.0507. The molecule has 1 aliphatic rings. The highest BCUT2D eigenvalue weighted by Crippen LogP contribution is 2.32. The van der Waals surface area contributed by atoms with Crippen molar-refractivity contribution in [2.75, 3.05) is 19.8 Å². The Balaban J connectivity index is 1.45. The molecule has 1 fully saturated rings. The van der Waals surface area contributed by atoms with Crippen LogP contribution >= 0.6 is 0 Å². The van der Waals surface area contributed by atoms with E-state index < -0.39 is 0 Å². The van der Waals surface area contributed by atoms with Gasteiger partial charge in [-0.25, -0.2) is 4.68 Å². The molecule has 0 amide bonds. The second-order valence-corrected chi connectivity index (χ2v) is 8.74. The summed E-state index contributed by atoms with van der Waals surface area (Å²) < 4.78 is 13.2. The van der Waals surface area contributed by atoms with Crippen molar-refractivity contribution in [2.45, 2.75) is 19.8 Å². The third kappa shape index (κ3) is 4.43. The van der Waals surface area contributed by atoms with E-state index in [2.05, 4.69) is 53.4 Å². The minimum Gasteiger partial charge on any atom is -0.492 e. The molecule has 1 aliphatic heterocycles. The largest absolute Gasteiger partial charge is 0.492 e. The van der Waals surface area contributed by atoms with Gasteiger partial charge in [-0.1, -0.05) is 30.3 Å². The Hall–Kier alpha value is -3.95. The molecule has 6 nitrogen and oxygen atoms in total. The first-order chi connectivity index (χ1) is 16.6. The fourth-order valence-electron chi connectivity index (χ4n) is 4.00. The van der Waals surface area contributed by atoms with Crippen molar-refractivity contribution in [3.63, 3.8) is 0 Å². The highest BCUT2D eigenvalue weighted by atomic mass is 16.5. The van der Waals surface area contributed by atoms with Gasteiger partial charge < -0.3 is 9.47 Å². The number of aryl methyl sites for hydroxylation is 1. The molecule has 3 heterocycles. The van der Waals surface area contributed by atoms with Gasteiger partial charge in [-0.05, 0) is 54.3 Å². The van der Waals surface area contributed by atoms with Crippen LogP contribution < -0.4 is 4.74 Å². The summed E-state index contributed by atoms with van der Waals surface area (Å²) in [6.45, 7) is 6.14. The number of ether oxygens (including phenoxy) is 2. The van der Waals surface area contributed by atoms with Crippen molar-refractivity contribution in [1.29, 1.82) is 5.26 Å². The minimum atomic E-state index is -0.147. The summed E-state index contributed by atoms with van der Waals surface area (Å²) in [4.78, 5) is 4.30. The number of aromatic nitrogens is 3. The lowest BCUT2D eigenvalue weighted by atomic mass is 9.96. The molecule has 2 aromatic heterocycles. The maximum absolute atomic E-state index is 9.29. The Morgan fingerprint density at radius 3 is 2.76 bits per heavy atom. The summed E-state index contributed by atoms with van der Waals surface area (Å²) >= 11 is 0. The summed E-state index contributed by atoms with van der Waals surface area (Å²) in [5, 5.41) is 13.9. The quantitative estimate of drug-likeness (QED) is 0.368. The van der Waals surface area contributed by atoms with E-state index >= 15 is 0 Å². The third-order valence-corrected chi connectivity index (χ3v) is 6.23. The molecule has 4 aromatic rings. The Kier molecular flexibility index (Phi) is 6.11. The molecule has 0 N–H and O–H groups in total. The Morgan fingerprint density at radius 2 is 1.97 bits per heavy atom. The molecule has 0 saturated carbocycles. The lowest BCUT2D eigenvalue weighted by Crippen LogP contribution is -2.32. The molecular weight excluding hydrogens is 424 g/mol. The molecule has 1 saturated heterocycles. The van der Waals surface area contributed by atoms with Crippen LogP contribution in [0.25, 0.3) is 27.9 Å². The fourth-order valence-corrected chi connectivity index (χ4v) is 4.00. The zero-order valence-corrected chi connectivity index (χ0v) is 19.3. The van der Waals surface area contributed by atoms with E-state index in [-0.39, 0.29) is 5.92 Å². The molecule has 1 atom stereocenters. The molecule has 0 aliphatic carbocycles. The number of hydrogen-bond acceptors (Lipinski definition) is 5. The first-order valence-corrected chi connectivity index (χ1v) is 11.4.